The van der Waals surface area contributed by atoms with E-state index in [0.29, 0.717) is 12.1 Å². The first-order valence-corrected chi connectivity index (χ1v) is 9.37. The standard InChI is InChI=1S/C20H17ClF6N2O3/c1-9(2)16(29-17(31)14-8-12(21)3-4-15(14)30)18(32)28-13-6-10(19(22,23)24)5-11(7-13)20(25,26)27/h3-9,16,30H,1-2H3,(H,28,32)(H,29,31). The number of aromatic hydroxyl groups is 1. The molecule has 0 radical (unpaired) electrons. The van der Waals surface area contributed by atoms with Crippen molar-refractivity contribution in [2.24, 2.45) is 5.92 Å². The van der Waals surface area contributed by atoms with Gasteiger partial charge in [-0.3, -0.25) is 9.59 Å². The molecular formula is C20H17ClF6N2O3. The van der Waals surface area contributed by atoms with Crippen LogP contribution >= 0.6 is 11.6 Å². The Balaban J connectivity index is 2.33. The zero-order chi connectivity index (χ0) is 24.4. The molecule has 3 N–H and O–H groups in total. The first-order valence-electron chi connectivity index (χ1n) is 8.99. The predicted molar refractivity (Wildman–Crippen MR) is 104 cm³/mol. The van der Waals surface area contributed by atoms with Gasteiger partial charge in [0.1, 0.15) is 11.8 Å². The molecule has 174 valence electrons. The highest BCUT2D eigenvalue weighted by Gasteiger charge is 2.37. The van der Waals surface area contributed by atoms with Gasteiger partial charge in [0, 0.05) is 10.7 Å². The molecule has 0 spiro atoms. The first kappa shape index (κ1) is 25.3. The van der Waals surface area contributed by atoms with Gasteiger partial charge in [-0.05, 0) is 42.3 Å². The van der Waals surface area contributed by atoms with E-state index < -0.39 is 58.7 Å². The van der Waals surface area contributed by atoms with Gasteiger partial charge in [0.15, 0.2) is 0 Å². The molecule has 0 saturated carbocycles. The first-order chi connectivity index (χ1) is 14.6. The SMILES string of the molecule is CC(C)C(NC(=O)c1cc(Cl)ccc1O)C(=O)Nc1cc(C(F)(F)F)cc(C(F)(F)F)c1. The molecule has 1 unspecified atom stereocenters. The summed E-state index contributed by atoms with van der Waals surface area (Å²) < 4.78 is 78.1. The van der Waals surface area contributed by atoms with Crippen molar-refractivity contribution in [1.29, 1.82) is 0 Å². The van der Waals surface area contributed by atoms with Crippen LogP contribution in [0, 0.1) is 5.92 Å². The van der Waals surface area contributed by atoms with Crippen LogP contribution in [0.15, 0.2) is 36.4 Å². The van der Waals surface area contributed by atoms with Gasteiger partial charge in [0.2, 0.25) is 5.91 Å². The van der Waals surface area contributed by atoms with Crippen molar-refractivity contribution in [3.8, 4) is 5.75 Å². The third-order valence-corrected chi connectivity index (χ3v) is 4.53. The minimum Gasteiger partial charge on any atom is -0.507 e. The maximum atomic E-state index is 13.0. The van der Waals surface area contributed by atoms with Gasteiger partial charge < -0.3 is 15.7 Å². The van der Waals surface area contributed by atoms with Crippen LogP contribution in [-0.2, 0) is 17.1 Å². The maximum Gasteiger partial charge on any atom is 0.416 e. The molecule has 0 bridgehead atoms. The second kappa shape index (κ2) is 9.27. The van der Waals surface area contributed by atoms with Crippen molar-refractivity contribution in [2.75, 3.05) is 5.32 Å². The fraction of sp³-hybridized carbons (Fsp3) is 0.300. The number of phenols is 1. The summed E-state index contributed by atoms with van der Waals surface area (Å²) in [4.78, 5) is 25.1. The molecule has 2 rings (SSSR count). The summed E-state index contributed by atoms with van der Waals surface area (Å²) in [5, 5.41) is 14.2. The van der Waals surface area contributed by atoms with E-state index in [2.05, 4.69) is 5.32 Å². The Morgan fingerprint density at radius 1 is 0.938 bits per heavy atom. The lowest BCUT2D eigenvalue weighted by molar-refractivity contribution is -0.143. The number of benzene rings is 2. The number of rotatable bonds is 5. The van der Waals surface area contributed by atoms with Gasteiger partial charge in [-0.2, -0.15) is 26.3 Å². The molecule has 5 nitrogen and oxygen atoms in total. The lowest BCUT2D eigenvalue weighted by atomic mass is 10.0. The molecule has 0 aliphatic heterocycles. The number of hydrogen-bond acceptors (Lipinski definition) is 3. The molecule has 2 aromatic carbocycles. The van der Waals surface area contributed by atoms with Gasteiger partial charge in [0.05, 0.1) is 16.7 Å². The molecule has 2 amide bonds. The molecule has 0 aliphatic rings. The van der Waals surface area contributed by atoms with E-state index in [0.717, 1.165) is 12.1 Å². The Kier molecular flexibility index (Phi) is 7.33. The molecule has 0 heterocycles. The summed E-state index contributed by atoms with van der Waals surface area (Å²) in [6.45, 7) is 2.99. The monoisotopic (exact) mass is 482 g/mol. The summed E-state index contributed by atoms with van der Waals surface area (Å²) in [6, 6.07) is 2.87. The van der Waals surface area contributed by atoms with Crippen molar-refractivity contribution in [2.45, 2.75) is 32.2 Å². The zero-order valence-electron chi connectivity index (χ0n) is 16.5. The summed E-state index contributed by atoms with van der Waals surface area (Å²) in [5.41, 5.74) is -4.22. The van der Waals surface area contributed by atoms with Crippen molar-refractivity contribution < 1.29 is 41.0 Å². The quantitative estimate of drug-likeness (QED) is 0.494. The predicted octanol–water partition coefficient (Wildman–Crippen LogP) is 5.48. The number of halogens is 7. The van der Waals surface area contributed by atoms with Crippen LogP contribution < -0.4 is 10.6 Å². The van der Waals surface area contributed by atoms with Gasteiger partial charge in [-0.1, -0.05) is 25.4 Å². The number of anilines is 1. The van der Waals surface area contributed by atoms with Crippen molar-refractivity contribution in [3.63, 3.8) is 0 Å². The second-order valence-electron chi connectivity index (χ2n) is 7.14. The third-order valence-electron chi connectivity index (χ3n) is 4.29. The number of carbonyl (C=O) groups is 2. The van der Waals surface area contributed by atoms with Crippen LogP contribution in [0.2, 0.25) is 5.02 Å². The van der Waals surface area contributed by atoms with Crippen LogP contribution in [-0.4, -0.2) is 23.0 Å². The number of phenolic OH excluding ortho intramolecular Hbond substituents is 1. The Bertz CT molecular complexity index is 989. The number of nitrogens with one attached hydrogen (secondary N) is 2. The number of hydrogen-bond donors (Lipinski definition) is 3. The molecule has 0 aliphatic carbocycles. The fourth-order valence-electron chi connectivity index (χ4n) is 2.69. The number of amides is 2. The van der Waals surface area contributed by atoms with Crippen LogP contribution in [0.1, 0.15) is 35.3 Å². The van der Waals surface area contributed by atoms with Gasteiger partial charge in [-0.15, -0.1) is 0 Å². The zero-order valence-corrected chi connectivity index (χ0v) is 17.3. The van der Waals surface area contributed by atoms with E-state index in [1.807, 2.05) is 5.32 Å². The van der Waals surface area contributed by atoms with E-state index in [1.165, 1.54) is 19.9 Å². The van der Waals surface area contributed by atoms with Crippen molar-refractivity contribution in [1.82, 2.24) is 5.32 Å². The van der Waals surface area contributed by atoms with Gasteiger partial charge in [0.25, 0.3) is 5.91 Å². The molecule has 0 aromatic heterocycles. The van der Waals surface area contributed by atoms with Crippen LogP contribution in [0.25, 0.3) is 0 Å². The van der Waals surface area contributed by atoms with Gasteiger partial charge in [-0.25, -0.2) is 0 Å². The molecule has 0 fully saturated rings. The van der Waals surface area contributed by atoms with Crippen LogP contribution in [0.4, 0.5) is 32.0 Å². The van der Waals surface area contributed by atoms with E-state index in [1.54, 1.807) is 0 Å². The summed E-state index contributed by atoms with van der Waals surface area (Å²) in [6.07, 6.45) is -10.2. The molecule has 0 saturated heterocycles. The smallest absolute Gasteiger partial charge is 0.416 e. The highest BCUT2D eigenvalue weighted by molar-refractivity contribution is 6.31. The van der Waals surface area contributed by atoms with Crippen LogP contribution in [0.3, 0.4) is 0 Å². The van der Waals surface area contributed by atoms with E-state index in [9.17, 15) is 41.0 Å². The van der Waals surface area contributed by atoms with Crippen molar-refractivity contribution in [3.05, 3.63) is 58.1 Å². The minimum atomic E-state index is -5.09. The maximum absolute atomic E-state index is 13.0. The average molecular weight is 483 g/mol. The fourth-order valence-corrected chi connectivity index (χ4v) is 2.86. The Hall–Kier alpha value is -2.95. The normalized spacial score (nSPS) is 13.1. The lowest BCUT2D eigenvalue weighted by Gasteiger charge is -2.23. The highest BCUT2D eigenvalue weighted by atomic mass is 35.5. The molecular weight excluding hydrogens is 466 g/mol. The third kappa shape index (κ3) is 6.28. The Labute approximate surface area is 183 Å². The average Bonchev–Trinajstić information content (AvgIpc) is 2.65. The van der Waals surface area contributed by atoms with E-state index >= 15 is 0 Å². The van der Waals surface area contributed by atoms with E-state index in [-0.39, 0.29) is 16.7 Å². The highest BCUT2D eigenvalue weighted by Crippen LogP contribution is 2.37. The molecule has 12 heteroatoms. The minimum absolute atomic E-state index is 0.0702. The van der Waals surface area contributed by atoms with E-state index in [4.69, 9.17) is 11.6 Å². The number of carbonyl (C=O) groups excluding carboxylic acids is 2. The lowest BCUT2D eigenvalue weighted by Crippen LogP contribution is -2.47. The summed E-state index contributed by atoms with van der Waals surface area (Å²) in [7, 11) is 0. The summed E-state index contributed by atoms with van der Waals surface area (Å²) >= 11 is 5.78. The largest absolute Gasteiger partial charge is 0.507 e. The summed E-state index contributed by atoms with van der Waals surface area (Å²) in [5.74, 6) is -3.03. The topological polar surface area (TPSA) is 78.4 Å². The molecule has 32 heavy (non-hydrogen) atoms. The Morgan fingerprint density at radius 3 is 1.94 bits per heavy atom. The van der Waals surface area contributed by atoms with Crippen molar-refractivity contribution >= 4 is 29.1 Å². The molecule has 2 aromatic rings. The molecule has 1 atom stereocenters. The number of alkyl halides is 6. The second-order valence-corrected chi connectivity index (χ2v) is 7.58. The van der Waals surface area contributed by atoms with Crippen LogP contribution in [0.5, 0.6) is 5.75 Å². The van der Waals surface area contributed by atoms with Gasteiger partial charge >= 0.3 is 12.4 Å². The Morgan fingerprint density at radius 2 is 1.47 bits per heavy atom.